The van der Waals surface area contributed by atoms with Gasteiger partial charge in [-0.15, -0.1) is 0 Å². The number of hydrogen-bond donors (Lipinski definition) is 1. The Labute approximate surface area is 163 Å². The van der Waals surface area contributed by atoms with Gasteiger partial charge in [-0.25, -0.2) is 22.5 Å². The maximum absolute atomic E-state index is 13.0. The Hall–Kier alpha value is -2.97. The molecule has 0 fully saturated rings. The molecule has 0 aliphatic heterocycles. The van der Waals surface area contributed by atoms with Gasteiger partial charge in [0.05, 0.1) is 15.9 Å². The molecule has 1 aromatic heterocycles. The molecule has 0 bridgehead atoms. The predicted octanol–water partition coefficient (Wildman–Crippen LogP) is 2.67. The molecule has 0 saturated carbocycles. The van der Waals surface area contributed by atoms with E-state index >= 15 is 0 Å². The van der Waals surface area contributed by atoms with Gasteiger partial charge in [0.15, 0.2) is 0 Å². The highest BCUT2D eigenvalue weighted by molar-refractivity contribution is 7.89. The number of fused-ring (bicyclic) bond motifs is 1. The molecule has 3 aromatic rings. The average molecular weight is 399 g/mol. The molecule has 1 N–H and O–H groups in total. The summed E-state index contributed by atoms with van der Waals surface area (Å²) >= 11 is 0. The molecule has 0 atom stereocenters. The van der Waals surface area contributed by atoms with Gasteiger partial charge in [-0.2, -0.15) is 0 Å². The van der Waals surface area contributed by atoms with Crippen LogP contribution in [0.2, 0.25) is 0 Å². The van der Waals surface area contributed by atoms with Crippen molar-refractivity contribution in [1.82, 2.24) is 13.9 Å². The maximum Gasteiger partial charge on any atom is 0.340 e. The van der Waals surface area contributed by atoms with Crippen LogP contribution in [-0.2, 0) is 10.0 Å². The number of hydrogen-bond acceptors (Lipinski definition) is 4. The van der Waals surface area contributed by atoms with Crippen LogP contribution in [0.15, 0.2) is 64.8 Å². The van der Waals surface area contributed by atoms with Crippen molar-refractivity contribution in [2.24, 2.45) is 0 Å². The molecule has 7 nitrogen and oxygen atoms in total. The van der Waals surface area contributed by atoms with Gasteiger partial charge in [-0.1, -0.05) is 25.6 Å². The summed E-state index contributed by atoms with van der Waals surface area (Å²) < 4.78 is 29.3. The number of carbonyl (C=O) groups excluding carboxylic acids is 1. The van der Waals surface area contributed by atoms with E-state index in [1.165, 1.54) is 28.8 Å². The second-order valence-corrected chi connectivity index (χ2v) is 8.17. The largest absolute Gasteiger partial charge is 0.340 e. The number of benzene rings is 2. The van der Waals surface area contributed by atoms with Gasteiger partial charge < -0.3 is 0 Å². The lowest BCUT2D eigenvalue weighted by molar-refractivity contribution is 0.0960. The third-order valence-corrected chi connectivity index (χ3v) is 5.76. The molecule has 0 amide bonds. The monoisotopic (exact) mass is 399 g/mol. The van der Waals surface area contributed by atoms with E-state index in [-0.39, 0.29) is 10.5 Å². The highest BCUT2D eigenvalue weighted by Crippen LogP contribution is 2.18. The molecule has 0 unspecified atom stereocenters. The zero-order valence-corrected chi connectivity index (χ0v) is 16.5. The maximum atomic E-state index is 13.0. The van der Waals surface area contributed by atoms with E-state index in [4.69, 9.17) is 0 Å². The highest BCUT2D eigenvalue weighted by Gasteiger charge is 2.21. The van der Waals surface area contributed by atoms with Crippen LogP contribution in [-0.4, -0.2) is 30.0 Å². The Balaban J connectivity index is 2.06. The smallest absolute Gasteiger partial charge is 0.268 e. The van der Waals surface area contributed by atoms with E-state index in [0.29, 0.717) is 29.7 Å². The van der Waals surface area contributed by atoms with Crippen molar-refractivity contribution in [2.75, 3.05) is 6.54 Å². The van der Waals surface area contributed by atoms with E-state index in [9.17, 15) is 18.0 Å². The minimum atomic E-state index is -3.63. The van der Waals surface area contributed by atoms with Crippen molar-refractivity contribution in [3.63, 3.8) is 0 Å². The summed E-state index contributed by atoms with van der Waals surface area (Å²) in [6.07, 6.45) is 0.672. The van der Waals surface area contributed by atoms with Crippen molar-refractivity contribution in [3.05, 3.63) is 71.2 Å². The molecule has 0 radical (unpaired) electrons. The minimum Gasteiger partial charge on any atom is -0.268 e. The van der Waals surface area contributed by atoms with Crippen LogP contribution in [0, 0.1) is 0 Å². The summed E-state index contributed by atoms with van der Waals surface area (Å²) in [7, 11) is -3.63. The molecule has 3 rings (SSSR count). The number of rotatable bonds is 6. The van der Waals surface area contributed by atoms with E-state index < -0.39 is 21.6 Å². The molecular weight excluding hydrogens is 378 g/mol. The van der Waals surface area contributed by atoms with E-state index in [0.717, 1.165) is 4.57 Å². The van der Waals surface area contributed by atoms with Crippen LogP contribution in [0.3, 0.4) is 0 Å². The number of allylic oxidation sites excluding steroid dienone is 1. The van der Waals surface area contributed by atoms with E-state index in [1.54, 1.807) is 31.2 Å². The van der Waals surface area contributed by atoms with Crippen molar-refractivity contribution in [1.29, 1.82) is 0 Å². The number of sulfonamides is 1. The molecule has 0 aliphatic carbocycles. The number of nitrogens with one attached hydrogen (secondary N) is 1. The Morgan fingerprint density at radius 2 is 1.61 bits per heavy atom. The Morgan fingerprint density at radius 3 is 2.14 bits per heavy atom. The molecule has 0 aliphatic rings. The third kappa shape index (κ3) is 3.44. The lowest BCUT2D eigenvalue weighted by Gasteiger charge is -2.07. The lowest BCUT2D eigenvalue weighted by Crippen LogP contribution is -2.29. The molecule has 2 aromatic carbocycles. The van der Waals surface area contributed by atoms with Crippen LogP contribution < -0.4 is 10.4 Å². The fourth-order valence-corrected chi connectivity index (χ4v) is 4.07. The van der Waals surface area contributed by atoms with Gasteiger partial charge in [0.2, 0.25) is 10.0 Å². The summed E-state index contributed by atoms with van der Waals surface area (Å²) in [5.41, 5.74) is 1.23. The Kier molecular flexibility index (Phi) is 5.35. The number of carbonyl (C=O) groups is 1. The van der Waals surface area contributed by atoms with Crippen molar-refractivity contribution >= 4 is 32.7 Å². The Bertz CT molecular complexity index is 1220. The molecule has 28 heavy (non-hydrogen) atoms. The van der Waals surface area contributed by atoms with Gasteiger partial charge in [0.1, 0.15) is 0 Å². The van der Waals surface area contributed by atoms with Crippen molar-refractivity contribution in [3.8, 4) is 0 Å². The summed E-state index contributed by atoms with van der Waals surface area (Å²) in [4.78, 5) is 25.9. The molecule has 0 saturated heterocycles. The van der Waals surface area contributed by atoms with Crippen LogP contribution in [0.5, 0.6) is 0 Å². The first-order valence-electron chi connectivity index (χ1n) is 8.80. The first kappa shape index (κ1) is 19.8. The lowest BCUT2D eigenvalue weighted by atomic mass is 10.2. The van der Waals surface area contributed by atoms with Crippen molar-refractivity contribution < 1.29 is 13.2 Å². The van der Waals surface area contributed by atoms with Gasteiger partial charge in [-0.3, -0.25) is 9.36 Å². The average Bonchev–Trinajstić information content (AvgIpc) is 2.98. The standard InChI is InChI=1S/C20H21N3O4S/c1-4-13-21-28(26,27)16-11-9-15(10-12-16)19(24)23-18-8-6-5-7-17(18)22(14(2)3)20(23)25/h5-12,21H,2,4,13H2,1,3H3. The Morgan fingerprint density at radius 1 is 1.04 bits per heavy atom. The quantitative estimate of drug-likeness (QED) is 0.690. The summed E-state index contributed by atoms with van der Waals surface area (Å²) in [5.74, 6) is -0.535. The summed E-state index contributed by atoms with van der Waals surface area (Å²) in [5, 5.41) is 0. The fourth-order valence-electron chi connectivity index (χ4n) is 2.94. The molecular formula is C20H21N3O4S. The van der Waals surface area contributed by atoms with E-state index in [1.807, 2.05) is 6.92 Å². The van der Waals surface area contributed by atoms with E-state index in [2.05, 4.69) is 11.3 Å². The first-order valence-corrected chi connectivity index (χ1v) is 10.3. The molecule has 146 valence electrons. The predicted molar refractivity (Wildman–Crippen MR) is 109 cm³/mol. The zero-order valence-electron chi connectivity index (χ0n) is 15.7. The highest BCUT2D eigenvalue weighted by atomic mass is 32.2. The van der Waals surface area contributed by atoms with Gasteiger partial charge >= 0.3 is 5.69 Å². The molecule has 0 spiro atoms. The minimum absolute atomic E-state index is 0.0641. The second-order valence-electron chi connectivity index (χ2n) is 6.40. The number of aromatic nitrogens is 2. The van der Waals surface area contributed by atoms with Gasteiger partial charge in [0, 0.05) is 17.8 Å². The molecule has 8 heteroatoms. The van der Waals surface area contributed by atoms with Crippen molar-refractivity contribution in [2.45, 2.75) is 25.2 Å². The zero-order chi connectivity index (χ0) is 20.5. The first-order chi connectivity index (χ1) is 13.3. The molecule has 1 heterocycles. The number of imidazole rings is 1. The van der Waals surface area contributed by atoms with Crippen LogP contribution in [0.25, 0.3) is 16.7 Å². The third-order valence-electron chi connectivity index (χ3n) is 4.28. The second kappa shape index (κ2) is 7.57. The fraction of sp³-hybridized carbons (Fsp3) is 0.200. The van der Waals surface area contributed by atoms with Crippen LogP contribution >= 0.6 is 0 Å². The summed E-state index contributed by atoms with van der Waals surface area (Å²) in [6, 6.07) is 12.5. The topological polar surface area (TPSA) is 90.2 Å². The normalized spacial score (nSPS) is 11.6. The number of para-hydroxylation sites is 2. The number of nitrogens with zero attached hydrogens (tertiary/aromatic N) is 2. The van der Waals surface area contributed by atoms with Gasteiger partial charge in [0.25, 0.3) is 5.91 Å². The van der Waals surface area contributed by atoms with Crippen LogP contribution in [0.4, 0.5) is 0 Å². The SMILES string of the molecule is C=C(C)n1c(=O)n(C(=O)c2ccc(S(=O)(=O)NCCC)cc2)c2ccccc21. The summed E-state index contributed by atoms with van der Waals surface area (Å²) in [6.45, 7) is 7.69. The van der Waals surface area contributed by atoms with Crippen LogP contribution in [0.1, 0.15) is 30.6 Å². The van der Waals surface area contributed by atoms with Gasteiger partial charge in [-0.05, 0) is 49.7 Å².